The Bertz CT molecular complexity index is 1080. The fourth-order valence-electron chi connectivity index (χ4n) is 3.41. The molecule has 0 unspecified atom stereocenters. The third-order valence-electron chi connectivity index (χ3n) is 5.11. The summed E-state index contributed by atoms with van der Waals surface area (Å²) in [4.78, 5) is 16.5. The summed E-state index contributed by atoms with van der Waals surface area (Å²) in [7, 11) is 1.34. The van der Waals surface area contributed by atoms with Gasteiger partial charge in [-0.05, 0) is 30.2 Å². The number of carbonyl (C=O) groups is 1. The minimum Gasteiger partial charge on any atom is -0.485 e. The van der Waals surface area contributed by atoms with Crippen LogP contribution in [-0.4, -0.2) is 31.1 Å². The maximum absolute atomic E-state index is 12.1. The van der Waals surface area contributed by atoms with Gasteiger partial charge in [0.2, 0.25) is 5.90 Å². The number of ether oxygens (including phenoxy) is 4. The predicted molar refractivity (Wildman–Crippen MR) is 121 cm³/mol. The van der Waals surface area contributed by atoms with Crippen molar-refractivity contribution in [3.8, 4) is 11.5 Å². The summed E-state index contributed by atoms with van der Waals surface area (Å²) >= 11 is 0. The number of para-hydroxylation sites is 1. The van der Waals surface area contributed by atoms with Gasteiger partial charge in [0, 0.05) is 0 Å². The van der Waals surface area contributed by atoms with E-state index in [0.29, 0.717) is 36.2 Å². The lowest BCUT2D eigenvalue weighted by molar-refractivity contribution is -0.143. The third-order valence-corrected chi connectivity index (χ3v) is 5.11. The van der Waals surface area contributed by atoms with Gasteiger partial charge in [0.25, 0.3) is 0 Å². The second-order valence-corrected chi connectivity index (χ2v) is 7.41. The Hall–Kier alpha value is -3.80. The van der Waals surface area contributed by atoms with Gasteiger partial charge in [0.15, 0.2) is 17.5 Å². The van der Waals surface area contributed by atoms with Crippen LogP contribution in [0.3, 0.4) is 0 Å². The van der Waals surface area contributed by atoms with Crippen LogP contribution in [0.2, 0.25) is 0 Å². The molecule has 0 fully saturated rings. The number of esters is 1. The molecule has 0 bridgehead atoms. The number of rotatable bonds is 8. The van der Waals surface area contributed by atoms with Crippen LogP contribution < -0.4 is 9.47 Å². The molecule has 6 heteroatoms. The first-order chi connectivity index (χ1) is 15.7. The molecule has 0 radical (unpaired) electrons. The molecular weight excluding hydrogens is 406 g/mol. The van der Waals surface area contributed by atoms with Crippen LogP contribution in [0.1, 0.15) is 23.6 Å². The quantitative estimate of drug-likeness (QED) is 0.490. The minimum atomic E-state index is -0.717. The van der Waals surface area contributed by atoms with Crippen LogP contribution in [0.4, 0.5) is 0 Å². The Morgan fingerprint density at radius 3 is 2.12 bits per heavy atom. The summed E-state index contributed by atoms with van der Waals surface area (Å²) in [6, 6.07) is 24.6. The van der Waals surface area contributed by atoms with Crippen molar-refractivity contribution in [3.05, 3.63) is 95.6 Å². The van der Waals surface area contributed by atoms with Crippen molar-refractivity contribution in [1.82, 2.24) is 0 Å². The van der Waals surface area contributed by atoms with Crippen molar-refractivity contribution in [3.63, 3.8) is 0 Å². The van der Waals surface area contributed by atoms with Crippen LogP contribution in [0, 0.1) is 0 Å². The molecule has 32 heavy (non-hydrogen) atoms. The number of hydrogen-bond acceptors (Lipinski definition) is 6. The van der Waals surface area contributed by atoms with Gasteiger partial charge in [-0.3, -0.25) is 0 Å². The molecule has 0 spiro atoms. The maximum atomic E-state index is 12.1. The zero-order valence-corrected chi connectivity index (χ0v) is 18.1. The lowest BCUT2D eigenvalue weighted by Crippen LogP contribution is -2.28. The molecule has 3 aromatic carbocycles. The number of hydrogen-bond donors (Lipinski definition) is 0. The number of carbonyl (C=O) groups excluding carboxylic acids is 1. The fourth-order valence-corrected chi connectivity index (χ4v) is 3.41. The second-order valence-electron chi connectivity index (χ2n) is 7.41. The van der Waals surface area contributed by atoms with Crippen molar-refractivity contribution in [2.45, 2.75) is 32.3 Å². The Balaban J connectivity index is 1.64. The first kappa shape index (κ1) is 21.4. The van der Waals surface area contributed by atoms with Gasteiger partial charge in [-0.2, -0.15) is 0 Å². The van der Waals surface area contributed by atoms with Gasteiger partial charge >= 0.3 is 5.97 Å². The number of methoxy groups -OCH3 is 1. The topological polar surface area (TPSA) is 66.4 Å². The van der Waals surface area contributed by atoms with E-state index in [-0.39, 0.29) is 0 Å². The maximum Gasteiger partial charge on any atom is 0.334 e. The highest BCUT2D eigenvalue weighted by molar-refractivity contribution is 6.00. The van der Waals surface area contributed by atoms with E-state index < -0.39 is 18.1 Å². The molecule has 3 aromatic rings. The molecule has 4 rings (SSSR count). The van der Waals surface area contributed by atoms with Crippen molar-refractivity contribution in [2.75, 3.05) is 7.11 Å². The smallest absolute Gasteiger partial charge is 0.334 e. The largest absolute Gasteiger partial charge is 0.485 e. The molecule has 0 N–H and O–H groups in total. The highest BCUT2D eigenvalue weighted by atomic mass is 16.5. The standard InChI is InChI=1S/C26H25NO5/c1-18-23(26(28)29-2)27-25(32-18)21-14-9-15-22(30-16-19-10-5-3-6-11-19)24(21)31-17-20-12-7-4-8-13-20/h3-15,18,23H,16-17H2,1-2H3/t18-,23+/m1/s1. The van der Waals surface area contributed by atoms with Crippen LogP contribution in [-0.2, 0) is 27.5 Å². The summed E-state index contributed by atoms with van der Waals surface area (Å²) in [5.74, 6) is 0.989. The number of benzene rings is 3. The van der Waals surface area contributed by atoms with E-state index in [1.165, 1.54) is 7.11 Å². The van der Waals surface area contributed by atoms with Crippen molar-refractivity contribution in [2.24, 2.45) is 4.99 Å². The molecule has 0 aliphatic carbocycles. The zero-order chi connectivity index (χ0) is 22.3. The molecule has 1 aliphatic heterocycles. The highest BCUT2D eigenvalue weighted by Crippen LogP contribution is 2.35. The molecule has 0 saturated heterocycles. The van der Waals surface area contributed by atoms with Crippen molar-refractivity contribution >= 4 is 11.9 Å². The molecule has 0 aromatic heterocycles. The van der Waals surface area contributed by atoms with E-state index in [9.17, 15) is 4.79 Å². The van der Waals surface area contributed by atoms with E-state index in [4.69, 9.17) is 18.9 Å². The molecule has 6 nitrogen and oxygen atoms in total. The first-order valence-electron chi connectivity index (χ1n) is 10.4. The molecule has 0 amide bonds. The Kier molecular flexibility index (Phi) is 6.70. The van der Waals surface area contributed by atoms with Crippen LogP contribution in [0.25, 0.3) is 0 Å². The van der Waals surface area contributed by atoms with Crippen LogP contribution >= 0.6 is 0 Å². The Morgan fingerprint density at radius 2 is 1.50 bits per heavy atom. The van der Waals surface area contributed by atoms with Gasteiger partial charge in [0.1, 0.15) is 19.3 Å². The minimum absolute atomic E-state index is 0.334. The van der Waals surface area contributed by atoms with E-state index in [1.54, 1.807) is 6.92 Å². The van der Waals surface area contributed by atoms with Crippen LogP contribution in [0.15, 0.2) is 83.9 Å². The van der Waals surface area contributed by atoms with Gasteiger partial charge in [-0.25, -0.2) is 9.79 Å². The molecular formula is C26H25NO5. The Labute approximate surface area is 187 Å². The van der Waals surface area contributed by atoms with E-state index in [2.05, 4.69) is 4.99 Å². The SMILES string of the molecule is COC(=O)[C@H]1N=C(c2cccc(OCc3ccccc3)c2OCc2ccccc2)O[C@@H]1C. The second kappa shape index (κ2) is 10.0. The van der Waals surface area contributed by atoms with Gasteiger partial charge in [0.05, 0.1) is 12.7 Å². The molecule has 1 heterocycles. The van der Waals surface area contributed by atoms with Crippen molar-refractivity contribution < 1.29 is 23.7 Å². The van der Waals surface area contributed by atoms with E-state index in [1.807, 2.05) is 78.9 Å². The molecule has 0 saturated carbocycles. The molecule has 164 valence electrons. The van der Waals surface area contributed by atoms with Crippen LogP contribution in [0.5, 0.6) is 11.5 Å². The van der Waals surface area contributed by atoms with Gasteiger partial charge in [-0.15, -0.1) is 0 Å². The van der Waals surface area contributed by atoms with Gasteiger partial charge in [-0.1, -0.05) is 66.7 Å². The highest BCUT2D eigenvalue weighted by Gasteiger charge is 2.36. The summed E-state index contributed by atoms with van der Waals surface area (Å²) < 4.78 is 23.1. The monoisotopic (exact) mass is 431 g/mol. The predicted octanol–water partition coefficient (Wildman–Crippen LogP) is 4.55. The average molecular weight is 431 g/mol. The Morgan fingerprint density at radius 1 is 0.875 bits per heavy atom. The summed E-state index contributed by atoms with van der Waals surface area (Å²) in [6.45, 7) is 2.53. The summed E-state index contributed by atoms with van der Waals surface area (Å²) in [6.07, 6.45) is -0.437. The molecule has 2 atom stereocenters. The lowest BCUT2D eigenvalue weighted by atomic mass is 10.1. The van der Waals surface area contributed by atoms with Crippen molar-refractivity contribution in [1.29, 1.82) is 0 Å². The van der Waals surface area contributed by atoms with E-state index >= 15 is 0 Å². The van der Waals surface area contributed by atoms with Gasteiger partial charge < -0.3 is 18.9 Å². The third kappa shape index (κ3) is 4.91. The fraction of sp³-hybridized carbons (Fsp3) is 0.231. The number of aliphatic imine (C=N–C) groups is 1. The zero-order valence-electron chi connectivity index (χ0n) is 18.1. The summed E-state index contributed by atoms with van der Waals surface area (Å²) in [5.41, 5.74) is 2.69. The molecule has 1 aliphatic rings. The lowest BCUT2D eigenvalue weighted by Gasteiger charge is -2.17. The first-order valence-corrected chi connectivity index (χ1v) is 10.4. The average Bonchev–Trinajstić information content (AvgIpc) is 3.23. The summed E-state index contributed by atoms with van der Waals surface area (Å²) in [5, 5.41) is 0. The normalized spacial score (nSPS) is 17.2. The van der Waals surface area contributed by atoms with E-state index in [0.717, 1.165) is 11.1 Å². The number of nitrogens with zero attached hydrogens (tertiary/aromatic N) is 1.